The van der Waals surface area contributed by atoms with Gasteiger partial charge in [-0.05, 0) is 42.5 Å². The average molecular weight is 238 g/mol. The molecule has 0 N–H and O–H groups in total. The van der Waals surface area contributed by atoms with Crippen LogP contribution >= 0.6 is 0 Å². The molecule has 18 heavy (non-hydrogen) atoms. The molecule has 2 aliphatic rings. The molecule has 0 bridgehead atoms. The van der Waals surface area contributed by atoms with Crippen molar-refractivity contribution >= 4 is 11.9 Å². The Morgan fingerprint density at radius 3 is 2.89 bits per heavy atom. The molecule has 0 saturated carbocycles. The summed E-state index contributed by atoms with van der Waals surface area (Å²) >= 11 is 0. The lowest BCUT2D eigenvalue weighted by Gasteiger charge is -2.40. The monoisotopic (exact) mass is 238 g/mol. The number of fused-ring (bicyclic) bond motifs is 3. The van der Waals surface area contributed by atoms with Gasteiger partial charge in [-0.25, -0.2) is 0 Å². The number of allylic oxidation sites excluding steroid dienone is 3. The number of carbonyl (C=O) groups is 1. The van der Waals surface area contributed by atoms with E-state index >= 15 is 0 Å². The summed E-state index contributed by atoms with van der Waals surface area (Å²) < 4.78 is 0. The maximum atomic E-state index is 11.6. The second kappa shape index (κ2) is 3.94. The van der Waals surface area contributed by atoms with Crippen LogP contribution in [0.4, 0.5) is 0 Å². The third-order valence-corrected chi connectivity index (χ3v) is 4.44. The molecule has 1 aromatic rings. The second-order valence-corrected chi connectivity index (χ2v) is 5.43. The zero-order valence-corrected chi connectivity index (χ0v) is 11.0. The van der Waals surface area contributed by atoms with Gasteiger partial charge in [0.15, 0.2) is 5.78 Å². The minimum absolute atomic E-state index is 0.0751. The molecule has 0 amide bonds. The van der Waals surface area contributed by atoms with Gasteiger partial charge in [-0.15, -0.1) is 0 Å². The molecule has 0 spiro atoms. The standard InChI is InChI=1S/C17H18O/c1-3-17-9-8-15(18)11-14(17)6-5-13-10-12(2)4-7-16(13)17/h4-7,10-11H,3,8-9H2,1-2H3. The first-order valence-electron chi connectivity index (χ1n) is 6.70. The van der Waals surface area contributed by atoms with Crippen LogP contribution in [0.15, 0.2) is 35.9 Å². The Bertz CT molecular complexity index is 577. The van der Waals surface area contributed by atoms with Crippen LogP contribution in [0.3, 0.4) is 0 Å². The first kappa shape index (κ1) is 11.5. The molecule has 1 nitrogen and oxygen atoms in total. The molecule has 1 aromatic carbocycles. The number of hydrogen-bond donors (Lipinski definition) is 0. The van der Waals surface area contributed by atoms with Crippen LogP contribution in [0.2, 0.25) is 0 Å². The van der Waals surface area contributed by atoms with Crippen molar-refractivity contribution in [3.8, 4) is 0 Å². The number of aryl methyl sites for hydroxylation is 1. The normalized spacial score (nSPS) is 25.4. The molecule has 92 valence electrons. The molecule has 0 heterocycles. The average Bonchev–Trinajstić information content (AvgIpc) is 2.38. The zero-order chi connectivity index (χ0) is 12.8. The summed E-state index contributed by atoms with van der Waals surface area (Å²) in [7, 11) is 0. The Hall–Kier alpha value is -1.63. The van der Waals surface area contributed by atoms with Crippen LogP contribution < -0.4 is 0 Å². The quantitative estimate of drug-likeness (QED) is 0.723. The van der Waals surface area contributed by atoms with Crippen LogP contribution in [-0.4, -0.2) is 5.78 Å². The highest BCUT2D eigenvalue weighted by molar-refractivity contribution is 5.93. The van der Waals surface area contributed by atoms with E-state index in [0.717, 1.165) is 12.8 Å². The highest BCUT2D eigenvalue weighted by atomic mass is 16.1. The van der Waals surface area contributed by atoms with Crippen LogP contribution in [0.25, 0.3) is 6.08 Å². The summed E-state index contributed by atoms with van der Waals surface area (Å²) in [5, 5.41) is 0. The van der Waals surface area contributed by atoms with Crippen molar-refractivity contribution in [1.29, 1.82) is 0 Å². The van der Waals surface area contributed by atoms with E-state index in [1.807, 2.05) is 6.08 Å². The third kappa shape index (κ3) is 1.50. The van der Waals surface area contributed by atoms with Gasteiger partial charge < -0.3 is 0 Å². The van der Waals surface area contributed by atoms with E-state index in [-0.39, 0.29) is 11.2 Å². The molecule has 0 radical (unpaired) electrons. The van der Waals surface area contributed by atoms with Gasteiger partial charge in [0.05, 0.1) is 0 Å². The Kier molecular flexibility index (Phi) is 2.51. The van der Waals surface area contributed by atoms with E-state index in [9.17, 15) is 4.79 Å². The first-order valence-corrected chi connectivity index (χ1v) is 6.70. The summed E-state index contributed by atoms with van der Waals surface area (Å²) in [5.41, 5.74) is 5.30. The lowest BCUT2D eigenvalue weighted by atomic mass is 9.62. The number of hydrogen-bond acceptors (Lipinski definition) is 1. The SMILES string of the molecule is CCC12CCC(=O)C=C1C=Cc1cc(C)ccc12. The minimum Gasteiger partial charge on any atom is -0.295 e. The van der Waals surface area contributed by atoms with E-state index in [0.29, 0.717) is 6.42 Å². The van der Waals surface area contributed by atoms with Crippen molar-refractivity contribution < 1.29 is 4.79 Å². The molecular weight excluding hydrogens is 220 g/mol. The van der Waals surface area contributed by atoms with Crippen LogP contribution in [0, 0.1) is 6.92 Å². The molecule has 2 aliphatic carbocycles. The maximum absolute atomic E-state index is 11.6. The molecule has 0 aliphatic heterocycles. The zero-order valence-electron chi connectivity index (χ0n) is 11.0. The predicted octanol–water partition coefficient (Wildman–Crippen LogP) is 3.96. The topological polar surface area (TPSA) is 17.1 Å². The van der Waals surface area contributed by atoms with Crippen molar-refractivity contribution in [2.24, 2.45) is 0 Å². The lowest BCUT2D eigenvalue weighted by Crippen LogP contribution is -2.34. The van der Waals surface area contributed by atoms with Crippen LogP contribution in [0.5, 0.6) is 0 Å². The third-order valence-electron chi connectivity index (χ3n) is 4.44. The van der Waals surface area contributed by atoms with Crippen LogP contribution in [0.1, 0.15) is 42.9 Å². The Morgan fingerprint density at radius 1 is 1.28 bits per heavy atom. The van der Waals surface area contributed by atoms with Gasteiger partial charge in [0.25, 0.3) is 0 Å². The summed E-state index contributed by atoms with van der Waals surface area (Å²) in [6, 6.07) is 6.68. The van der Waals surface area contributed by atoms with Crippen molar-refractivity contribution in [2.75, 3.05) is 0 Å². The Labute approximate surface area is 108 Å². The van der Waals surface area contributed by atoms with Gasteiger partial charge in [-0.1, -0.05) is 42.8 Å². The second-order valence-electron chi connectivity index (χ2n) is 5.43. The van der Waals surface area contributed by atoms with Gasteiger partial charge in [-0.3, -0.25) is 4.79 Å². The fourth-order valence-corrected chi connectivity index (χ4v) is 3.37. The number of ketones is 1. The summed E-state index contributed by atoms with van der Waals surface area (Å²) in [6.45, 7) is 4.36. The molecule has 1 heteroatoms. The van der Waals surface area contributed by atoms with Gasteiger partial charge >= 0.3 is 0 Å². The molecule has 0 saturated heterocycles. The molecule has 1 atom stereocenters. The fourth-order valence-electron chi connectivity index (χ4n) is 3.37. The smallest absolute Gasteiger partial charge is 0.156 e. The van der Waals surface area contributed by atoms with Gasteiger partial charge in [-0.2, -0.15) is 0 Å². The van der Waals surface area contributed by atoms with E-state index in [1.54, 1.807) is 0 Å². The highest BCUT2D eigenvalue weighted by Crippen LogP contribution is 2.47. The summed E-state index contributed by atoms with van der Waals surface area (Å²) in [4.78, 5) is 11.6. The van der Waals surface area contributed by atoms with Gasteiger partial charge in [0, 0.05) is 11.8 Å². The predicted molar refractivity (Wildman–Crippen MR) is 74.5 cm³/mol. The number of carbonyl (C=O) groups excluding carboxylic acids is 1. The fraction of sp³-hybridized carbons (Fsp3) is 0.353. The molecule has 0 fully saturated rings. The maximum Gasteiger partial charge on any atom is 0.156 e. The van der Waals surface area contributed by atoms with E-state index in [1.165, 1.54) is 22.3 Å². The van der Waals surface area contributed by atoms with Crippen LogP contribution in [-0.2, 0) is 10.2 Å². The van der Waals surface area contributed by atoms with Gasteiger partial charge in [0.1, 0.15) is 0 Å². The van der Waals surface area contributed by atoms with E-state index in [2.05, 4.69) is 44.2 Å². The van der Waals surface area contributed by atoms with E-state index < -0.39 is 0 Å². The first-order chi connectivity index (χ1) is 8.65. The molecule has 1 unspecified atom stereocenters. The lowest BCUT2D eigenvalue weighted by molar-refractivity contribution is -0.115. The number of benzene rings is 1. The minimum atomic E-state index is 0.0751. The summed E-state index contributed by atoms with van der Waals surface area (Å²) in [5.74, 6) is 0.272. The van der Waals surface area contributed by atoms with Gasteiger partial charge in [0.2, 0.25) is 0 Å². The molecular formula is C17H18O. The number of rotatable bonds is 1. The largest absolute Gasteiger partial charge is 0.295 e. The van der Waals surface area contributed by atoms with Crippen molar-refractivity contribution in [3.63, 3.8) is 0 Å². The molecule has 3 rings (SSSR count). The molecule has 0 aromatic heterocycles. The van der Waals surface area contributed by atoms with E-state index in [4.69, 9.17) is 0 Å². The van der Waals surface area contributed by atoms with Crippen molar-refractivity contribution in [2.45, 2.75) is 38.5 Å². The van der Waals surface area contributed by atoms with Crippen molar-refractivity contribution in [1.82, 2.24) is 0 Å². The highest BCUT2D eigenvalue weighted by Gasteiger charge is 2.39. The Morgan fingerprint density at radius 2 is 2.11 bits per heavy atom. The Balaban J connectivity index is 2.24. The van der Waals surface area contributed by atoms with Crippen molar-refractivity contribution in [3.05, 3.63) is 52.6 Å². The summed E-state index contributed by atoms with van der Waals surface area (Å²) in [6.07, 6.45) is 8.84.